The molecule has 0 fully saturated rings. The van der Waals surface area contributed by atoms with Gasteiger partial charge in [0.1, 0.15) is 0 Å². The van der Waals surface area contributed by atoms with Crippen LogP contribution in [-0.2, 0) is 14.4 Å². The molecule has 0 saturated heterocycles. The van der Waals surface area contributed by atoms with Crippen LogP contribution in [0.5, 0.6) is 0 Å². The van der Waals surface area contributed by atoms with E-state index in [2.05, 4.69) is 31.9 Å². The number of carbonyl (C=O) groups excluding carboxylic acids is 3. The molecule has 0 aliphatic heterocycles. The Kier molecular flexibility index (Phi) is 8.07. The van der Waals surface area contributed by atoms with Crippen LogP contribution in [0.3, 0.4) is 0 Å². The normalized spacial score (nSPS) is 11.4. The number of aryl methyl sites for hydroxylation is 1. The summed E-state index contributed by atoms with van der Waals surface area (Å²) in [5.74, 6) is -0.644. The summed E-state index contributed by atoms with van der Waals surface area (Å²) in [4.78, 5) is 36.2. The first-order valence-corrected chi connectivity index (χ1v) is 10.3. The highest BCUT2D eigenvalue weighted by Gasteiger charge is 2.15. The largest absolute Gasteiger partial charge is 0.346 e. The monoisotopic (exact) mass is 463 g/mol. The standard InChI is InChI=1S/C20H22BrN3O3S/c1-12-10-16(6-9-18(12)21)24-19(26)11-22-20(27)13(2)28-17-7-4-15(5-8-17)23-14(3)25/h4-10,13H,11H2,1-3H3,(H,22,27)(H,23,25)(H,24,26). The molecule has 0 spiro atoms. The molecule has 6 nitrogen and oxygen atoms in total. The summed E-state index contributed by atoms with van der Waals surface area (Å²) in [6.07, 6.45) is 0. The lowest BCUT2D eigenvalue weighted by atomic mass is 10.2. The molecule has 2 rings (SSSR count). The van der Waals surface area contributed by atoms with Crippen molar-refractivity contribution in [2.45, 2.75) is 30.9 Å². The Morgan fingerprint density at radius 1 is 1.04 bits per heavy atom. The topological polar surface area (TPSA) is 87.3 Å². The fraction of sp³-hybridized carbons (Fsp3) is 0.250. The zero-order chi connectivity index (χ0) is 20.7. The van der Waals surface area contributed by atoms with Gasteiger partial charge in [-0.25, -0.2) is 0 Å². The highest BCUT2D eigenvalue weighted by Crippen LogP contribution is 2.25. The van der Waals surface area contributed by atoms with E-state index >= 15 is 0 Å². The van der Waals surface area contributed by atoms with Gasteiger partial charge in [-0.2, -0.15) is 0 Å². The zero-order valence-electron chi connectivity index (χ0n) is 15.8. The van der Waals surface area contributed by atoms with E-state index in [1.54, 1.807) is 25.1 Å². The predicted molar refractivity (Wildman–Crippen MR) is 117 cm³/mol. The van der Waals surface area contributed by atoms with E-state index in [4.69, 9.17) is 0 Å². The summed E-state index contributed by atoms with van der Waals surface area (Å²) in [5, 5.41) is 7.73. The predicted octanol–water partition coefficient (Wildman–Crippen LogP) is 3.95. The van der Waals surface area contributed by atoms with Crippen LogP contribution in [0.1, 0.15) is 19.4 Å². The van der Waals surface area contributed by atoms with Crippen molar-refractivity contribution in [1.29, 1.82) is 0 Å². The first-order chi connectivity index (χ1) is 13.2. The second kappa shape index (κ2) is 10.3. The van der Waals surface area contributed by atoms with Gasteiger partial charge >= 0.3 is 0 Å². The van der Waals surface area contributed by atoms with Crippen LogP contribution in [0.2, 0.25) is 0 Å². The Bertz CT molecular complexity index is 871. The highest BCUT2D eigenvalue weighted by molar-refractivity contribution is 9.10. The average molecular weight is 464 g/mol. The maximum atomic E-state index is 12.2. The van der Waals surface area contributed by atoms with Gasteiger partial charge in [-0.15, -0.1) is 11.8 Å². The molecule has 0 saturated carbocycles. The van der Waals surface area contributed by atoms with E-state index in [0.717, 1.165) is 14.9 Å². The molecule has 0 radical (unpaired) electrons. The number of thioether (sulfide) groups is 1. The molecule has 28 heavy (non-hydrogen) atoms. The Hall–Kier alpha value is -2.32. The molecule has 2 aromatic rings. The second-order valence-electron chi connectivity index (χ2n) is 6.20. The molecule has 0 bridgehead atoms. The van der Waals surface area contributed by atoms with Crippen molar-refractivity contribution in [1.82, 2.24) is 5.32 Å². The summed E-state index contributed by atoms with van der Waals surface area (Å²) < 4.78 is 0.967. The van der Waals surface area contributed by atoms with Crippen molar-refractivity contribution in [3.63, 3.8) is 0 Å². The third kappa shape index (κ3) is 7.01. The molecule has 3 amide bonds. The molecule has 3 N–H and O–H groups in total. The quantitative estimate of drug-likeness (QED) is 0.542. The lowest BCUT2D eigenvalue weighted by Crippen LogP contribution is -2.37. The number of carbonyl (C=O) groups is 3. The van der Waals surface area contributed by atoms with Crippen LogP contribution in [0.15, 0.2) is 51.8 Å². The third-order valence-electron chi connectivity index (χ3n) is 3.72. The summed E-state index contributed by atoms with van der Waals surface area (Å²) in [5.41, 5.74) is 2.40. The summed E-state index contributed by atoms with van der Waals surface area (Å²) >= 11 is 4.79. The van der Waals surface area contributed by atoms with E-state index in [0.29, 0.717) is 11.4 Å². The van der Waals surface area contributed by atoms with Crippen LogP contribution >= 0.6 is 27.7 Å². The Morgan fingerprint density at radius 2 is 1.68 bits per heavy atom. The van der Waals surface area contributed by atoms with Crippen molar-refractivity contribution in [3.05, 3.63) is 52.5 Å². The number of benzene rings is 2. The van der Waals surface area contributed by atoms with Crippen molar-refractivity contribution in [2.24, 2.45) is 0 Å². The van der Waals surface area contributed by atoms with Crippen molar-refractivity contribution in [2.75, 3.05) is 17.2 Å². The van der Waals surface area contributed by atoms with Gasteiger partial charge in [-0.05, 0) is 61.9 Å². The lowest BCUT2D eigenvalue weighted by molar-refractivity contribution is -0.123. The third-order valence-corrected chi connectivity index (χ3v) is 5.72. The zero-order valence-corrected chi connectivity index (χ0v) is 18.2. The van der Waals surface area contributed by atoms with Crippen molar-refractivity contribution >= 4 is 56.8 Å². The number of hydrogen-bond acceptors (Lipinski definition) is 4. The van der Waals surface area contributed by atoms with Gasteiger partial charge < -0.3 is 16.0 Å². The number of nitrogens with one attached hydrogen (secondary N) is 3. The molecule has 1 unspecified atom stereocenters. The second-order valence-corrected chi connectivity index (χ2v) is 8.46. The van der Waals surface area contributed by atoms with Crippen molar-refractivity contribution < 1.29 is 14.4 Å². The molecule has 2 aromatic carbocycles. The molecule has 0 aliphatic carbocycles. The van der Waals surface area contributed by atoms with E-state index < -0.39 is 0 Å². The molecule has 1 atom stereocenters. The van der Waals surface area contributed by atoms with Gasteiger partial charge in [0.15, 0.2) is 0 Å². The first kappa shape index (κ1) is 22.0. The van der Waals surface area contributed by atoms with Crippen LogP contribution in [0, 0.1) is 6.92 Å². The van der Waals surface area contributed by atoms with Gasteiger partial charge in [0.2, 0.25) is 17.7 Å². The highest BCUT2D eigenvalue weighted by atomic mass is 79.9. The summed E-state index contributed by atoms with van der Waals surface area (Å²) in [7, 11) is 0. The van der Waals surface area contributed by atoms with Gasteiger partial charge in [-0.3, -0.25) is 14.4 Å². The summed E-state index contributed by atoms with van der Waals surface area (Å²) in [6.45, 7) is 5.06. The fourth-order valence-corrected chi connectivity index (χ4v) is 3.45. The minimum Gasteiger partial charge on any atom is -0.346 e. The number of halogens is 1. The lowest BCUT2D eigenvalue weighted by Gasteiger charge is -2.13. The first-order valence-electron chi connectivity index (χ1n) is 8.62. The van der Waals surface area contributed by atoms with Crippen LogP contribution in [-0.4, -0.2) is 29.5 Å². The van der Waals surface area contributed by atoms with E-state index in [1.807, 2.05) is 31.2 Å². The molecule has 0 heterocycles. The van der Waals surface area contributed by atoms with Crippen LogP contribution < -0.4 is 16.0 Å². The SMILES string of the molecule is CC(=O)Nc1ccc(SC(C)C(=O)NCC(=O)Nc2ccc(Br)c(C)c2)cc1. The van der Waals surface area contributed by atoms with E-state index in [1.165, 1.54) is 18.7 Å². The number of hydrogen-bond donors (Lipinski definition) is 3. The molecular formula is C20H22BrN3O3S. The molecule has 148 valence electrons. The molecular weight excluding hydrogens is 442 g/mol. The fourth-order valence-electron chi connectivity index (χ4n) is 2.32. The maximum Gasteiger partial charge on any atom is 0.243 e. The molecule has 0 aromatic heterocycles. The van der Waals surface area contributed by atoms with Crippen molar-refractivity contribution in [3.8, 4) is 0 Å². The van der Waals surface area contributed by atoms with Crippen LogP contribution in [0.4, 0.5) is 11.4 Å². The number of anilines is 2. The van der Waals surface area contributed by atoms with Gasteiger partial charge in [0, 0.05) is 27.7 Å². The van der Waals surface area contributed by atoms with Gasteiger partial charge in [-0.1, -0.05) is 15.9 Å². The molecule has 0 aliphatic rings. The van der Waals surface area contributed by atoms with Gasteiger partial charge in [0.05, 0.1) is 11.8 Å². The Labute approximate surface area is 177 Å². The number of rotatable bonds is 7. The average Bonchev–Trinajstić information content (AvgIpc) is 2.64. The maximum absolute atomic E-state index is 12.2. The van der Waals surface area contributed by atoms with Gasteiger partial charge in [0.25, 0.3) is 0 Å². The minimum atomic E-state index is -0.366. The smallest absolute Gasteiger partial charge is 0.243 e. The summed E-state index contributed by atoms with van der Waals surface area (Å²) in [6, 6.07) is 12.7. The van der Waals surface area contributed by atoms with E-state index in [-0.39, 0.29) is 29.5 Å². The Morgan fingerprint density at radius 3 is 2.29 bits per heavy atom. The van der Waals surface area contributed by atoms with E-state index in [9.17, 15) is 14.4 Å². The Balaban J connectivity index is 1.80. The minimum absolute atomic E-state index is 0.0969. The number of amides is 3. The van der Waals surface area contributed by atoms with Crippen LogP contribution in [0.25, 0.3) is 0 Å². The molecule has 8 heteroatoms.